The Labute approximate surface area is 113 Å². The van der Waals surface area contributed by atoms with Gasteiger partial charge in [0.2, 0.25) is 0 Å². The molecule has 104 valence electrons. The molecule has 4 heteroatoms. The third-order valence-corrected chi connectivity index (χ3v) is 4.00. The summed E-state index contributed by atoms with van der Waals surface area (Å²) >= 11 is 0. The first-order chi connectivity index (χ1) is 8.95. The molecule has 0 aliphatic heterocycles. The zero-order valence-electron chi connectivity index (χ0n) is 11.9. The Morgan fingerprint density at radius 3 is 1.68 bits per heavy atom. The van der Waals surface area contributed by atoms with Crippen LogP contribution in [-0.2, 0) is 19.1 Å². The lowest BCUT2D eigenvalue weighted by Crippen LogP contribution is -2.23. The average Bonchev–Trinajstić information content (AvgIpc) is 2.76. The molecule has 2 unspecified atom stereocenters. The van der Waals surface area contributed by atoms with Crippen LogP contribution in [-0.4, -0.2) is 25.2 Å². The molecular formula is C15H20O4. The maximum absolute atomic E-state index is 12.1. The molecule has 0 saturated heterocycles. The van der Waals surface area contributed by atoms with Crippen molar-refractivity contribution in [2.75, 3.05) is 13.2 Å². The predicted molar refractivity (Wildman–Crippen MR) is 70.2 cm³/mol. The van der Waals surface area contributed by atoms with Gasteiger partial charge < -0.3 is 9.47 Å². The van der Waals surface area contributed by atoms with Crippen molar-refractivity contribution >= 4 is 11.9 Å². The SMILES string of the molecule is CCOC(=O)C1=C(C(=O)OCC)C2C=CC1C2(C)C. The Bertz CT molecular complexity index is 431. The fourth-order valence-electron chi connectivity index (χ4n) is 3.07. The lowest BCUT2D eigenvalue weighted by Gasteiger charge is -2.25. The molecule has 2 aliphatic rings. The van der Waals surface area contributed by atoms with Crippen molar-refractivity contribution in [3.63, 3.8) is 0 Å². The maximum Gasteiger partial charge on any atom is 0.335 e. The molecule has 2 bridgehead atoms. The molecule has 0 aromatic rings. The van der Waals surface area contributed by atoms with Crippen LogP contribution in [0.25, 0.3) is 0 Å². The van der Waals surface area contributed by atoms with Gasteiger partial charge in [0.15, 0.2) is 0 Å². The van der Waals surface area contributed by atoms with Crippen LogP contribution in [0.4, 0.5) is 0 Å². The minimum Gasteiger partial charge on any atom is -0.463 e. The van der Waals surface area contributed by atoms with Crippen molar-refractivity contribution in [2.45, 2.75) is 27.7 Å². The summed E-state index contributed by atoms with van der Waals surface area (Å²) in [6, 6.07) is 0. The molecule has 2 aliphatic carbocycles. The minimum absolute atomic E-state index is 0.0593. The van der Waals surface area contributed by atoms with Crippen LogP contribution < -0.4 is 0 Å². The standard InChI is InChI=1S/C15H20O4/c1-5-18-13(16)11-9-7-8-10(15(9,3)4)12(11)14(17)19-6-2/h7-10H,5-6H2,1-4H3. The van der Waals surface area contributed by atoms with Crippen LogP contribution in [0.2, 0.25) is 0 Å². The largest absolute Gasteiger partial charge is 0.463 e. The maximum atomic E-state index is 12.1. The van der Waals surface area contributed by atoms with E-state index in [0.29, 0.717) is 24.4 Å². The Morgan fingerprint density at radius 1 is 1.00 bits per heavy atom. The summed E-state index contributed by atoms with van der Waals surface area (Å²) in [5.74, 6) is -0.905. The molecule has 0 amide bonds. The second kappa shape index (κ2) is 4.83. The molecule has 0 radical (unpaired) electrons. The molecular weight excluding hydrogens is 244 g/mol. The summed E-state index contributed by atoms with van der Waals surface area (Å²) in [7, 11) is 0. The van der Waals surface area contributed by atoms with E-state index in [9.17, 15) is 9.59 Å². The van der Waals surface area contributed by atoms with Crippen molar-refractivity contribution in [3.8, 4) is 0 Å². The van der Waals surface area contributed by atoms with Gasteiger partial charge in [-0.15, -0.1) is 0 Å². The molecule has 2 atom stereocenters. The van der Waals surface area contributed by atoms with E-state index >= 15 is 0 Å². The van der Waals surface area contributed by atoms with Crippen molar-refractivity contribution in [3.05, 3.63) is 23.3 Å². The van der Waals surface area contributed by atoms with Gasteiger partial charge in [0.1, 0.15) is 0 Å². The predicted octanol–water partition coefficient (Wildman–Crippen LogP) is 2.25. The molecule has 0 aromatic carbocycles. The lowest BCUT2D eigenvalue weighted by atomic mass is 9.77. The molecule has 0 N–H and O–H groups in total. The molecule has 0 fully saturated rings. The van der Waals surface area contributed by atoms with Crippen LogP contribution in [0, 0.1) is 17.3 Å². The molecule has 0 aromatic heterocycles. The molecule has 19 heavy (non-hydrogen) atoms. The summed E-state index contributed by atoms with van der Waals surface area (Å²) in [5, 5.41) is 0. The van der Waals surface area contributed by atoms with Gasteiger partial charge in [-0.05, 0) is 19.3 Å². The highest BCUT2D eigenvalue weighted by Gasteiger charge is 2.54. The third kappa shape index (κ3) is 1.99. The number of fused-ring (bicyclic) bond motifs is 2. The quantitative estimate of drug-likeness (QED) is 0.577. The van der Waals surface area contributed by atoms with Gasteiger partial charge in [0, 0.05) is 11.8 Å². The zero-order valence-corrected chi connectivity index (χ0v) is 11.9. The number of carbonyl (C=O) groups is 2. The van der Waals surface area contributed by atoms with Gasteiger partial charge in [0.25, 0.3) is 0 Å². The summed E-state index contributed by atoms with van der Waals surface area (Å²) in [6.45, 7) is 8.26. The second-order valence-electron chi connectivity index (χ2n) is 5.43. The van der Waals surface area contributed by atoms with E-state index in [0.717, 1.165) is 0 Å². The van der Waals surface area contributed by atoms with Crippen LogP contribution >= 0.6 is 0 Å². The first kappa shape index (κ1) is 13.8. The van der Waals surface area contributed by atoms with Gasteiger partial charge >= 0.3 is 11.9 Å². The van der Waals surface area contributed by atoms with Gasteiger partial charge in [0.05, 0.1) is 24.4 Å². The number of hydrogen-bond acceptors (Lipinski definition) is 4. The third-order valence-electron chi connectivity index (χ3n) is 4.00. The second-order valence-corrected chi connectivity index (χ2v) is 5.43. The zero-order chi connectivity index (χ0) is 14.2. The molecule has 0 saturated carbocycles. The first-order valence-corrected chi connectivity index (χ1v) is 6.71. The van der Waals surface area contributed by atoms with E-state index in [2.05, 4.69) is 13.8 Å². The van der Waals surface area contributed by atoms with Crippen molar-refractivity contribution in [2.24, 2.45) is 17.3 Å². The summed E-state index contributed by atoms with van der Waals surface area (Å²) in [6.07, 6.45) is 4.00. The van der Waals surface area contributed by atoms with E-state index in [1.165, 1.54) is 0 Å². The molecule has 4 nitrogen and oxygen atoms in total. The summed E-state index contributed by atoms with van der Waals surface area (Å²) < 4.78 is 10.2. The van der Waals surface area contributed by atoms with E-state index in [-0.39, 0.29) is 17.3 Å². The number of hydrogen-bond donors (Lipinski definition) is 0. The lowest BCUT2D eigenvalue weighted by molar-refractivity contribution is -0.142. The van der Waals surface area contributed by atoms with E-state index < -0.39 is 11.9 Å². The van der Waals surface area contributed by atoms with Gasteiger partial charge in [-0.1, -0.05) is 26.0 Å². The highest BCUT2D eigenvalue weighted by molar-refractivity contribution is 6.03. The summed E-state index contributed by atoms with van der Waals surface area (Å²) in [4.78, 5) is 24.2. The van der Waals surface area contributed by atoms with Crippen molar-refractivity contribution < 1.29 is 19.1 Å². The molecule has 0 spiro atoms. The van der Waals surface area contributed by atoms with E-state index in [1.54, 1.807) is 13.8 Å². The fourth-order valence-corrected chi connectivity index (χ4v) is 3.07. The minimum atomic E-state index is -0.393. The van der Waals surface area contributed by atoms with Crippen LogP contribution in [0.1, 0.15) is 27.7 Å². The average molecular weight is 264 g/mol. The highest BCUT2D eigenvalue weighted by Crippen LogP contribution is 2.56. The molecule has 2 rings (SSSR count). The number of esters is 2. The van der Waals surface area contributed by atoms with Crippen molar-refractivity contribution in [1.29, 1.82) is 0 Å². The topological polar surface area (TPSA) is 52.6 Å². The summed E-state index contributed by atoms with van der Waals surface area (Å²) in [5.41, 5.74) is 0.806. The highest BCUT2D eigenvalue weighted by atomic mass is 16.5. The van der Waals surface area contributed by atoms with E-state index in [1.807, 2.05) is 12.2 Å². The Kier molecular flexibility index (Phi) is 3.52. The van der Waals surface area contributed by atoms with Gasteiger partial charge in [-0.2, -0.15) is 0 Å². The number of rotatable bonds is 4. The first-order valence-electron chi connectivity index (χ1n) is 6.71. The van der Waals surface area contributed by atoms with Gasteiger partial charge in [-0.3, -0.25) is 0 Å². The Hall–Kier alpha value is -1.58. The number of carbonyl (C=O) groups excluding carboxylic acids is 2. The van der Waals surface area contributed by atoms with E-state index in [4.69, 9.17) is 9.47 Å². The number of ether oxygens (including phenoxy) is 2. The van der Waals surface area contributed by atoms with Crippen LogP contribution in [0.15, 0.2) is 23.3 Å². The van der Waals surface area contributed by atoms with Crippen molar-refractivity contribution in [1.82, 2.24) is 0 Å². The fraction of sp³-hybridized carbons (Fsp3) is 0.600. The Morgan fingerprint density at radius 2 is 1.37 bits per heavy atom. The van der Waals surface area contributed by atoms with Crippen LogP contribution in [0.3, 0.4) is 0 Å². The smallest absolute Gasteiger partial charge is 0.335 e. The van der Waals surface area contributed by atoms with Crippen LogP contribution in [0.5, 0.6) is 0 Å². The normalized spacial score (nSPS) is 26.7. The Balaban J connectivity index is 2.42. The monoisotopic (exact) mass is 264 g/mol. The molecule has 0 heterocycles. The number of allylic oxidation sites excluding steroid dienone is 2. The van der Waals surface area contributed by atoms with Gasteiger partial charge in [-0.25, -0.2) is 9.59 Å².